The van der Waals surface area contributed by atoms with E-state index in [4.69, 9.17) is 4.74 Å². The van der Waals surface area contributed by atoms with E-state index in [-0.39, 0.29) is 22.4 Å². The van der Waals surface area contributed by atoms with Gasteiger partial charge in [0.15, 0.2) is 6.61 Å². The van der Waals surface area contributed by atoms with Crippen LogP contribution in [0.5, 0.6) is 0 Å². The van der Waals surface area contributed by atoms with E-state index in [0.717, 1.165) is 18.4 Å². The molecule has 7 nitrogen and oxygen atoms in total. The molecular weight excluding hydrogens is 400 g/mol. The minimum absolute atomic E-state index is 0.0119. The number of rotatable bonds is 8. The summed E-state index contributed by atoms with van der Waals surface area (Å²) in [5.41, 5.74) is 1.71. The number of esters is 1. The first-order valence-electron chi connectivity index (χ1n) is 8.81. The number of sulfonamides is 1. The zero-order valence-corrected chi connectivity index (χ0v) is 17.3. The molecule has 1 aliphatic carbocycles. The van der Waals surface area contributed by atoms with Gasteiger partial charge < -0.3 is 9.64 Å². The van der Waals surface area contributed by atoms with Gasteiger partial charge in [0.25, 0.3) is 5.91 Å². The molecule has 1 aromatic heterocycles. The van der Waals surface area contributed by atoms with Crippen molar-refractivity contribution in [1.29, 1.82) is 0 Å². The Morgan fingerprint density at radius 3 is 2.68 bits per heavy atom. The molecule has 1 aliphatic rings. The van der Waals surface area contributed by atoms with Crippen LogP contribution < -0.4 is 4.72 Å². The number of ether oxygens (including phenoxy) is 1. The van der Waals surface area contributed by atoms with E-state index in [1.807, 2.05) is 16.8 Å². The zero-order chi connectivity index (χ0) is 20.3. The number of thiophene rings is 1. The number of hydrogen-bond donors (Lipinski definition) is 1. The fourth-order valence-corrected chi connectivity index (χ4v) is 4.53. The normalized spacial score (nSPS) is 13.9. The monoisotopic (exact) mass is 422 g/mol. The number of nitrogens with one attached hydrogen (secondary N) is 1. The second-order valence-corrected chi connectivity index (χ2v) is 9.32. The standard InChI is InChI=1S/C19H22N2O5S2/c1-13-3-6-16(28(24,25)20-15-4-5-15)9-17(13)19(23)26-11-18(22)21(2)10-14-7-8-27-12-14/h3,6-9,12,15,20H,4-5,10-11H2,1-2H3. The van der Waals surface area contributed by atoms with Gasteiger partial charge in [-0.05, 0) is 59.9 Å². The number of carbonyl (C=O) groups excluding carboxylic acids is 2. The fraction of sp³-hybridized carbons (Fsp3) is 0.368. The molecule has 1 saturated carbocycles. The van der Waals surface area contributed by atoms with Crippen molar-refractivity contribution in [3.05, 3.63) is 51.7 Å². The zero-order valence-electron chi connectivity index (χ0n) is 15.7. The molecular formula is C19H22N2O5S2. The van der Waals surface area contributed by atoms with Crippen molar-refractivity contribution in [2.24, 2.45) is 0 Å². The summed E-state index contributed by atoms with van der Waals surface area (Å²) < 4.78 is 32.4. The highest BCUT2D eigenvalue weighted by atomic mass is 32.2. The van der Waals surface area contributed by atoms with Gasteiger partial charge in [0, 0.05) is 19.6 Å². The lowest BCUT2D eigenvalue weighted by molar-refractivity contribution is -0.133. The summed E-state index contributed by atoms with van der Waals surface area (Å²) >= 11 is 1.54. The summed E-state index contributed by atoms with van der Waals surface area (Å²) in [6.07, 6.45) is 1.64. The Balaban J connectivity index is 1.63. The summed E-state index contributed by atoms with van der Waals surface area (Å²) in [5, 5.41) is 3.87. The molecule has 0 saturated heterocycles. The quantitative estimate of drug-likeness (QED) is 0.659. The molecule has 28 heavy (non-hydrogen) atoms. The first-order valence-corrected chi connectivity index (χ1v) is 11.2. The van der Waals surface area contributed by atoms with Crippen LogP contribution in [0.15, 0.2) is 39.9 Å². The van der Waals surface area contributed by atoms with Crippen molar-refractivity contribution in [1.82, 2.24) is 9.62 Å². The molecule has 1 N–H and O–H groups in total. The van der Waals surface area contributed by atoms with E-state index < -0.39 is 22.6 Å². The summed E-state index contributed by atoms with van der Waals surface area (Å²) in [6, 6.07) is 6.20. The third-order valence-corrected chi connectivity index (χ3v) is 6.64. The van der Waals surface area contributed by atoms with Gasteiger partial charge in [0.1, 0.15) is 0 Å². The first-order chi connectivity index (χ1) is 13.3. The van der Waals surface area contributed by atoms with Gasteiger partial charge in [-0.3, -0.25) is 4.79 Å². The Bertz CT molecular complexity index is 966. The van der Waals surface area contributed by atoms with Crippen LogP contribution in [0.2, 0.25) is 0 Å². The average Bonchev–Trinajstić information content (AvgIpc) is 3.30. The maximum Gasteiger partial charge on any atom is 0.338 e. The molecule has 2 aromatic rings. The third kappa shape index (κ3) is 5.18. The fourth-order valence-electron chi connectivity index (χ4n) is 2.54. The van der Waals surface area contributed by atoms with E-state index >= 15 is 0 Å². The molecule has 0 atom stereocenters. The maximum absolute atomic E-state index is 12.4. The van der Waals surface area contributed by atoms with E-state index in [2.05, 4.69) is 4.72 Å². The molecule has 1 fully saturated rings. The van der Waals surface area contributed by atoms with Crippen molar-refractivity contribution < 1.29 is 22.7 Å². The molecule has 3 rings (SSSR count). The minimum Gasteiger partial charge on any atom is -0.452 e. The summed E-state index contributed by atoms with van der Waals surface area (Å²) in [5.74, 6) is -1.06. The number of carbonyl (C=O) groups is 2. The number of hydrogen-bond acceptors (Lipinski definition) is 6. The molecule has 0 spiro atoms. The lowest BCUT2D eigenvalue weighted by Crippen LogP contribution is -2.31. The molecule has 0 radical (unpaired) electrons. The topological polar surface area (TPSA) is 92.8 Å². The molecule has 150 valence electrons. The van der Waals surface area contributed by atoms with E-state index in [1.165, 1.54) is 17.0 Å². The number of aryl methyl sites for hydroxylation is 1. The third-order valence-electron chi connectivity index (χ3n) is 4.39. The summed E-state index contributed by atoms with van der Waals surface area (Å²) in [6.45, 7) is 1.71. The smallest absolute Gasteiger partial charge is 0.338 e. The van der Waals surface area contributed by atoms with Gasteiger partial charge in [-0.15, -0.1) is 0 Å². The van der Waals surface area contributed by atoms with Crippen LogP contribution in [-0.2, 0) is 26.1 Å². The molecule has 1 amide bonds. The predicted molar refractivity (Wildman–Crippen MR) is 106 cm³/mol. The summed E-state index contributed by atoms with van der Waals surface area (Å²) in [7, 11) is -2.04. The van der Waals surface area contributed by atoms with Gasteiger partial charge >= 0.3 is 5.97 Å². The molecule has 0 bridgehead atoms. The lowest BCUT2D eigenvalue weighted by atomic mass is 10.1. The second kappa shape index (κ2) is 8.42. The number of nitrogens with zero attached hydrogens (tertiary/aromatic N) is 1. The largest absolute Gasteiger partial charge is 0.452 e. The Kier molecular flexibility index (Phi) is 6.17. The van der Waals surface area contributed by atoms with Crippen LogP contribution in [0.25, 0.3) is 0 Å². The van der Waals surface area contributed by atoms with Crippen molar-refractivity contribution in [3.63, 3.8) is 0 Å². The maximum atomic E-state index is 12.4. The highest BCUT2D eigenvalue weighted by molar-refractivity contribution is 7.89. The molecule has 0 unspecified atom stereocenters. The van der Waals surface area contributed by atoms with Crippen LogP contribution in [0, 0.1) is 6.92 Å². The highest BCUT2D eigenvalue weighted by Crippen LogP contribution is 2.23. The molecule has 0 aliphatic heterocycles. The van der Waals surface area contributed by atoms with Crippen LogP contribution in [0.4, 0.5) is 0 Å². The van der Waals surface area contributed by atoms with Gasteiger partial charge in [0.2, 0.25) is 10.0 Å². The average molecular weight is 423 g/mol. The number of likely N-dealkylation sites (N-methyl/N-ethyl adjacent to an activating group) is 1. The Hall–Kier alpha value is -2.23. The highest BCUT2D eigenvalue weighted by Gasteiger charge is 2.28. The van der Waals surface area contributed by atoms with Crippen molar-refractivity contribution in [2.75, 3.05) is 13.7 Å². The minimum atomic E-state index is -3.68. The lowest BCUT2D eigenvalue weighted by Gasteiger charge is -2.16. The predicted octanol–water partition coefficient (Wildman–Crippen LogP) is 2.31. The molecule has 1 heterocycles. The number of amides is 1. The second-order valence-electron chi connectivity index (χ2n) is 6.83. The van der Waals surface area contributed by atoms with E-state index in [0.29, 0.717) is 12.1 Å². The van der Waals surface area contributed by atoms with Gasteiger partial charge in [0.05, 0.1) is 10.5 Å². The van der Waals surface area contributed by atoms with Crippen LogP contribution >= 0.6 is 11.3 Å². The van der Waals surface area contributed by atoms with Crippen LogP contribution in [0.3, 0.4) is 0 Å². The SMILES string of the molecule is Cc1ccc(S(=O)(=O)NC2CC2)cc1C(=O)OCC(=O)N(C)Cc1ccsc1. The van der Waals surface area contributed by atoms with Crippen LogP contribution in [0.1, 0.15) is 34.3 Å². The Morgan fingerprint density at radius 1 is 1.29 bits per heavy atom. The van der Waals surface area contributed by atoms with Gasteiger partial charge in [-0.1, -0.05) is 6.07 Å². The van der Waals surface area contributed by atoms with Crippen molar-refractivity contribution >= 4 is 33.2 Å². The molecule has 9 heteroatoms. The van der Waals surface area contributed by atoms with E-state index in [9.17, 15) is 18.0 Å². The van der Waals surface area contributed by atoms with Crippen LogP contribution in [-0.4, -0.2) is 44.9 Å². The Morgan fingerprint density at radius 2 is 2.04 bits per heavy atom. The number of benzene rings is 1. The van der Waals surface area contributed by atoms with E-state index in [1.54, 1.807) is 31.4 Å². The van der Waals surface area contributed by atoms with Crippen molar-refractivity contribution in [2.45, 2.75) is 37.2 Å². The summed E-state index contributed by atoms with van der Waals surface area (Å²) in [4.78, 5) is 26.1. The van der Waals surface area contributed by atoms with Gasteiger partial charge in [-0.25, -0.2) is 17.9 Å². The van der Waals surface area contributed by atoms with Crippen molar-refractivity contribution in [3.8, 4) is 0 Å². The Labute approximate surface area is 168 Å². The first kappa shape index (κ1) is 20.5. The van der Waals surface area contributed by atoms with Gasteiger partial charge in [-0.2, -0.15) is 11.3 Å². The molecule has 1 aromatic carbocycles.